The minimum absolute atomic E-state index is 0.0123. The number of alkyl halides is 1. The number of nitrogens with two attached hydrogens (primary N) is 1. The Labute approximate surface area is 381 Å². The van der Waals surface area contributed by atoms with Crippen LogP contribution in [0.25, 0.3) is 21.9 Å². The highest BCUT2D eigenvalue weighted by molar-refractivity contribution is 6.19. The summed E-state index contributed by atoms with van der Waals surface area (Å²) in [6.07, 6.45) is 2.41. The second kappa shape index (κ2) is 22.1. The molecule has 1 aliphatic carbocycles. The molecule has 6 N–H and O–H groups in total. The van der Waals surface area contributed by atoms with Crippen LogP contribution < -0.4 is 36.6 Å². The van der Waals surface area contributed by atoms with Crippen LogP contribution >= 0.6 is 11.6 Å². The molecule has 4 amide bonds. The molecule has 1 aliphatic heterocycles. The molecular formula is C51H61ClN6O6. The summed E-state index contributed by atoms with van der Waals surface area (Å²) >= 11 is 6.46. The number of fused-ring (bicyclic) bond motifs is 6. The fraction of sp³-hybridized carbons (Fsp3) is 0.392. The Morgan fingerprint density at radius 3 is 2.22 bits per heavy atom. The van der Waals surface area contributed by atoms with Crippen molar-refractivity contribution in [1.82, 2.24) is 16.0 Å². The second-order valence-corrected chi connectivity index (χ2v) is 17.3. The summed E-state index contributed by atoms with van der Waals surface area (Å²) < 4.78 is 18.0. The molecule has 0 spiro atoms. The van der Waals surface area contributed by atoms with Gasteiger partial charge in [-0.1, -0.05) is 112 Å². The first-order valence-corrected chi connectivity index (χ1v) is 23.1. The van der Waals surface area contributed by atoms with Crippen molar-refractivity contribution < 1.29 is 28.6 Å². The molecule has 0 fully saturated rings. The lowest BCUT2D eigenvalue weighted by molar-refractivity contribution is 0.135. The molecular weight excluding hydrogens is 828 g/mol. The maximum Gasteiger partial charge on any atom is 0.414 e. The van der Waals surface area contributed by atoms with E-state index in [1.165, 1.54) is 22.3 Å². The van der Waals surface area contributed by atoms with E-state index in [0.717, 1.165) is 52.5 Å². The van der Waals surface area contributed by atoms with E-state index < -0.39 is 12.1 Å². The highest BCUT2D eigenvalue weighted by Crippen LogP contribution is 2.46. The second-order valence-electron chi connectivity index (χ2n) is 17.0. The predicted octanol–water partition coefficient (Wildman–Crippen LogP) is 9.88. The summed E-state index contributed by atoms with van der Waals surface area (Å²) in [7, 11) is 0. The molecule has 1 unspecified atom stereocenters. The van der Waals surface area contributed by atoms with Crippen molar-refractivity contribution in [3.05, 3.63) is 125 Å². The number of anilines is 2. The van der Waals surface area contributed by atoms with E-state index in [1.807, 2.05) is 72.8 Å². The van der Waals surface area contributed by atoms with Crippen LogP contribution in [0.2, 0.25) is 0 Å². The van der Waals surface area contributed by atoms with Crippen LogP contribution in [-0.4, -0.2) is 75.6 Å². The number of hydrogen-bond donors (Lipinski definition) is 5. The largest absolute Gasteiger partial charge is 0.488 e. The molecule has 0 saturated heterocycles. The number of urea groups is 1. The monoisotopic (exact) mass is 888 g/mol. The van der Waals surface area contributed by atoms with Crippen molar-refractivity contribution in [3.8, 4) is 16.9 Å². The number of amides is 4. The van der Waals surface area contributed by atoms with Crippen LogP contribution in [0.3, 0.4) is 0 Å². The molecule has 64 heavy (non-hydrogen) atoms. The van der Waals surface area contributed by atoms with Gasteiger partial charge in [0.1, 0.15) is 19.0 Å². The van der Waals surface area contributed by atoms with Gasteiger partial charge >= 0.3 is 18.2 Å². The van der Waals surface area contributed by atoms with E-state index in [9.17, 15) is 14.4 Å². The van der Waals surface area contributed by atoms with Gasteiger partial charge in [0.2, 0.25) is 0 Å². The maximum atomic E-state index is 13.3. The Bertz CT molecular complexity index is 2330. The van der Waals surface area contributed by atoms with Gasteiger partial charge in [0.05, 0.1) is 12.3 Å². The number of carbonyl (C=O) groups excluding carboxylic acids is 3. The lowest BCUT2D eigenvalue weighted by Crippen LogP contribution is -2.49. The Kier molecular flexibility index (Phi) is 15.9. The zero-order chi connectivity index (χ0) is 45.0. The van der Waals surface area contributed by atoms with Gasteiger partial charge in [0.15, 0.2) is 0 Å². The average molecular weight is 890 g/mol. The normalized spacial score (nSPS) is 15.0. The smallest absolute Gasteiger partial charge is 0.414 e. The summed E-state index contributed by atoms with van der Waals surface area (Å²) in [5.41, 5.74) is 13.8. The van der Waals surface area contributed by atoms with Crippen molar-refractivity contribution in [1.29, 1.82) is 0 Å². The van der Waals surface area contributed by atoms with Crippen molar-refractivity contribution in [2.75, 3.05) is 55.5 Å². The molecule has 338 valence electrons. The van der Waals surface area contributed by atoms with Crippen LogP contribution in [0.4, 0.5) is 25.8 Å². The number of benzene rings is 5. The molecule has 7 rings (SSSR count). The fourth-order valence-electron chi connectivity index (χ4n) is 8.71. The zero-order valence-electron chi connectivity index (χ0n) is 37.0. The van der Waals surface area contributed by atoms with Gasteiger partial charge in [-0.15, -0.1) is 11.6 Å². The Morgan fingerprint density at radius 2 is 1.55 bits per heavy atom. The molecule has 5 aromatic carbocycles. The first-order chi connectivity index (χ1) is 31.1. The quantitative estimate of drug-likeness (QED) is 0.0360. The van der Waals surface area contributed by atoms with Gasteiger partial charge in [-0.3, -0.25) is 4.90 Å². The third-order valence-electron chi connectivity index (χ3n) is 12.3. The van der Waals surface area contributed by atoms with Gasteiger partial charge in [0, 0.05) is 73.1 Å². The SMILES string of the molecule is CCCCOC(=O)N1CC(CCl)c2c1cc(OCc1ccc(NC[C@H](CCCNC(N)=O)NC[C@@H](NC(=O)OCC3c4ccccc4-c4ccccc43)C(C)C)cc1)c1ccccc21. The van der Waals surface area contributed by atoms with Crippen molar-refractivity contribution in [2.45, 2.75) is 77.0 Å². The van der Waals surface area contributed by atoms with E-state index in [0.29, 0.717) is 57.4 Å². The van der Waals surface area contributed by atoms with E-state index in [1.54, 1.807) is 4.90 Å². The first kappa shape index (κ1) is 46.0. The number of alkyl carbamates (subject to hydrolysis) is 1. The topological polar surface area (TPSA) is 156 Å². The Hall–Kier alpha value is -5.98. The van der Waals surface area contributed by atoms with E-state index in [-0.39, 0.29) is 42.5 Å². The molecule has 5 aromatic rings. The maximum absolute atomic E-state index is 13.3. The molecule has 1 heterocycles. The third kappa shape index (κ3) is 11.2. The lowest BCUT2D eigenvalue weighted by Gasteiger charge is -2.27. The van der Waals surface area contributed by atoms with Crippen LogP contribution in [0.1, 0.15) is 80.5 Å². The molecule has 0 aromatic heterocycles. The number of ether oxygens (including phenoxy) is 3. The molecule has 3 atom stereocenters. The summed E-state index contributed by atoms with van der Waals surface area (Å²) in [6, 6.07) is 34.0. The Morgan fingerprint density at radius 1 is 0.859 bits per heavy atom. The molecule has 0 saturated carbocycles. The van der Waals surface area contributed by atoms with Crippen LogP contribution in [0.5, 0.6) is 5.75 Å². The third-order valence-corrected chi connectivity index (χ3v) is 12.6. The number of hydrogen-bond acceptors (Lipinski definition) is 8. The summed E-state index contributed by atoms with van der Waals surface area (Å²) in [5.74, 6) is 1.17. The van der Waals surface area contributed by atoms with Crippen molar-refractivity contribution in [2.24, 2.45) is 11.7 Å². The van der Waals surface area contributed by atoms with Crippen LogP contribution in [0, 0.1) is 5.92 Å². The summed E-state index contributed by atoms with van der Waals surface area (Å²) in [6.45, 7) is 9.22. The minimum atomic E-state index is -0.548. The lowest BCUT2D eigenvalue weighted by atomic mass is 9.95. The van der Waals surface area contributed by atoms with Crippen LogP contribution in [0.15, 0.2) is 103 Å². The van der Waals surface area contributed by atoms with Gasteiger partial charge in [-0.05, 0) is 76.1 Å². The number of rotatable bonds is 21. The number of halogens is 1. The molecule has 12 nitrogen and oxygen atoms in total. The summed E-state index contributed by atoms with van der Waals surface area (Å²) in [4.78, 5) is 39.5. The van der Waals surface area contributed by atoms with Crippen molar-refractivity contribution >= 4 is 52.0 Å². The number of primary amides is 1. The van der Waals surface area contributed by atoms with Gasteiger partial charge in [0.25, 0.3) is 0 Å². The first-order valence-electron chi connectivity index (χ1n) is 22.5. The van der Waals surface area contributed by atoms with E-state index in [4.69, 9.17) is 31.5 Å². The highest BCUT2D eigenvalue weighted by atomic mass is 35.5. The summed E-state index contributed by atoms with van der Waals surface area (Å²) in [5, 5.41) is 15.0. The van der Waals surface area contributed by atoms with Crippen molar-refractivity contribution in [3.63, 3.8) is 0 Å². The standard InChI is InChI=1S/C51H61ClN6O6/c1-4-5-25-62-51(61)58-30-35(27-52)48-43-19-11-10-18-42(43)47(26-46(48)58)63-31-34-20-22-36(23-21-34)55-28-37(13-12-24-54-49(53)59)56-29-45(33(2)3)57-50(60)64-32-44-40-16-8-6-14-38(40)39-15-7-9-17-41(39)44/h6-11,14-23,26,33,35,37,44-45,55-56H,4-5,12-13,24-25,27-32H2,1-3H3,(H,57,60)(H3,53,54,59)/t35?,37-,45+/m0/s1. The fourth-order valence-corrected chi connectivity index (χ4v) is 8.96. The van der Waals surface area contributed by atoms with Gasteiger partial charge < -0.3 is 41.2 Å². The predicted molar refractivity (Wildman–Crippen MR) is 256 cm³/mol. The average Bonchev–Trinajstić information content (AvgIpc) is 3.85. The highest BCUT2D eigenvalue weighted by Gasteiger charge is 2.36. The molecule has 13 heteroatoms. The number of unbranched alkanes of at least 4 members (excludes halogenated alkanes) is 1. The Balaban J connectivity index is 0.951. The minimum Gasteiger partial charge on any atom is -0.488 e. The van der Waals surface area contributed by atoms with Gasteiger partial charge in [-0.25, -0.2) is 14.4 Å². The molecule has 0 radical (unpaired) electrons. The molecule has 0 bridgehead atoms. The van der Waals surface area contributed by atoms with Crippen LogP contribution in [-0.2, 0) is 16.1 Å². The zero-order valence-corrected chi connectivity index (χ0v) is 37.8. The molecule has 2 aliphatic rings. The van der Waals surface area contributed by atoms with Gasteiger partial charge in [-0.2, -0.15) is 0 Å². The van der Waals surface area contributed by atoms with E-state index >= 15 is 0 Å². The van der Waals surface area contributed by atoms with E-state index in [2.05, 4.69) is 72.4 Å². The number of nitrogens with zero attached hydrogens (tertiary/aromatic N) is 1. The number of carbonyl (C=O) groups is 3. The number of nitrogens with one attached hydrogen (secondary N) is 4.